The smallest absolute Gasteiger partial charge is 0.325 e. The van der Waals surface area contributed by atoms with E-state index in [1.165, 1.54) is 6.42 Å². The van der Waals surface area contributed by atoms with Crippen LogP contribution in [0, 0.1) is 0 Å². The van der Waals surface area contributed by atoms with E-state index in [9.17, 15) is 14.4 Å². The Balaban J connectivity index is 1.53. The van der Waals surface area contributed by atoms with E-state index in [0.29, 0.717) is 12.8 Å². The summed E-state index contributed by atoms with van der Waals surface area (Å²) in [6.45, 7) is -0.244. The topological polar surface area (TPSA) is 78.5 Å². The molecule has 0 aromatic heterocycles. The number of amides is 4. The van der Waals surface area contributed by atoms with Gasteiger partial charge in [-0.25, -0.2) is 4.79 Å². The van der Waals surface area contributed by atoms with E-state index in [-0.39, 0.29) is 24.4 Å². The molecule has 162 valence electrons. The van der Waals surface area contributed by atoms with Crippen molar-refractivity contribution in [2.75, 3.05) is 6.54 Å². The second-order valence-corrected chi connectivity index (χ2v) is 8.63. The number of rotatable bonds is 7. The molecule has 4 rings (SSSR count). The van der Waals surface area contributed by atoms with E-state index in [1.807, 2.05) is 60.7 Å². The highest BCUT2D eigenvalue weighted by Crippen LogP contribution is 2.27. The predicted octanol–water partition coefficient (Wildman–Crippen LogP) is 3.21. The number of carbonyl (C=O) groups is 3. The molecule has 1 aliphatic heterocycles. The van der Waals surface area contributed by atoms with E-state index in [0.717, 1.165) is 41.7 Å². The van der Waals surface area contributed by atoms with Gasteiger partial charge in [0.2, 0.25) is 5.91 Å². The second-order valence-electron chi connectivity index (χ2n) is 8.63. The third kappa shape index (κ3) is 4.95. The van der Waals surface area contributed by atoms with Crippen LogP contribution in [0.5, 0.6) is 0 Å². The fourth-order valence-corrected chi connectivity index (χ4v) is 4.67. The first-order chi connectivity index (χ1) is 15.1. The lowest BCUT2D eigenvalue weighted by molar-refractivity contribution is -0.135. The summed E-state index contributed by atoms with van der Waals surface area (Å²) in [7, 11) is 0. The molecule has 6 heteroatoms. The second kappa shape index (κ2) is 9.33. The van der Waals surface area contributed by atoms with Gasteiger partial charge in [0.15, 0.2) is 0 Å². The van der Waals surface area contributed by atoms with Crippen molar-refractivity contribution in [2.45, 2.75) is 56.5 Å². The van der Waals surface area contributed by atoms with Crippen LogP contribution in [0.3, 0.4) is 0 Å². The first kappa shape index (κ1) is 21.1. The fraction of sp³-hybridized carbons (Fsp3) is 0.400. The maximum atomic E-state index is 13.5. The molecule has 6 nitrogen and oxygen atoms in total. The van der Waals surface area contributed by atoms with Gasteiger partial charge in [-0.05, 0) is 24.0 Å². The first-order valence-electron chi connectivity index (χ1n) is 11.1. The molecule has 2 aliphatic rings. The van der Waals surface area contributed by atoms with E-state index in [1.54, 1.807) is 0 Å². The summed E-state index contributed by atoms with van der Waals surface area (Å²) in [6.07, 6.45) is 6.05. The molecular formula is C25H29N3O3. The average molecular weight is 420 g/mol. The number of nitrogens with zero attached hydrogens (tertiary/aromatic N) is 1. The normalized spacial score (nSPS) is 18.6. The molecule has 0 bridgehead atoms. The van der Waals surface area contributed by atoms with Crippen LogP contribution >= 0.6 is 0 Å². The van der Waals surface area contributed by atoms with Gasteiger partial charge < -0.3 is 10.6 Å². The highest BCUT2D eigenvalue weighted by atomic mass is 16.2. The number of benzene rings is 2. The zero-order valence-electron chi connectivity index (χ0n) is 17.7. The summed E-state index contributed by atoms with van der Waals surface area (Å²) in [6, 6.07) is 18.9. The molecule has 1 saturated carbocycles. The highest BCUT2D eigenvalue weighted by molar-refractivity contribution is 6.09. The van der Waals surface area contributed by atoms with Crippen molar-refractivity contribution in [2.24, 2.45) is 0 Å². The minimum absolute atomic E-state index is 0.139. The number of urea groups is 1. The number of carbonyl (C=O) groups excluding carboxylic acids is 3. The molecule has 1 aliphatic carbocycles. The van der Waals surface area contributed by atoms with Gasteiger partial charge in [0.05, 0.1) is 0 Å². The van der Waals surface area contributed by atoms with E-state index >= 15 is 0 Å². The lowest BCUT2D eigenvalue weighted by atomic mass is 9.84. The van der Waals surface area contributed by atoms with Crippen molar-refractivity contribution in [3.8, 4) is 0 Å². The summed E-state index contributed by atoms with van der Waals surface area (Å²) in [5.74, 6) is -0.616. The summed E-state index contributed by atoms with van der Waals surface area (Å²) in [5.41, 5.74) is 0.812. The quantitative estimate of drug-likeness (QED) is 0.677. The summed E-state index contributed by atoms with van der Waals surface area (Å²) < 4.78 is 0. The third-order valence-electron chi connectivity index (χ3n) is 6.22. The Morgan fingerprint density at radius 3 is 2.00 bits per heavy atom. The van der Waals surface area contributed by atoms with Crippen LogP contribution in [-0.2, 0) is 22.4 Å². The molecule has 0 atom stereocenters. The Morgan fingerprint density at radius 2 is 1.45 bits per heavy atom. The summed E-state index contributed by atoms with van der Waals surface area (Å²) >= 11 is 0. The minimum Gasteiger partial charge on any atom is -0.352 e. The Kier molecular flexibility index (Phi) is 6.35. The zero-order chi connectivity index (χ0) is 21.7. The predicted molar refractivity (Wildman–Crippen MR) is 118 cm³/mol. The molecule has 0 radical (unpaired) electrons. The number of imide groups is 1. The molecule has 1 heterocycles. The van der Waals surface area contributed by atoms with Crippen LogP contribution in [0.2, 0.25) is 0 Å². The molecule has 4 amide bonds. The zero-order valence-corrected chi connectivity index (χ0v) is 17.7. The van der Waals surface area contributed by atoms with E-state index < -0.39 is 11.6 Å². The summed E-state index contributed by atoms with van der Waals surface area (Å²) in [5, 5.41) is 5.93. The lowest BCUT2D eigenvalue weighted by Gasteiger charge is -2.27. The molecule has 0 unspecified atom stereocenters. The van der Waals surface area contributed by atoms with Crippen LogP contribution in [0.15, 0.2) is 60.7 Å². The third-order valence-corrected chi connectivity index (χ3v) is 6.22. The van der Waals surface area contributed by atoms with Gasteiger partial charge in [-0.15, -0.1) is 0 Å². The Bertz CT molecular complexity index is 882. The maximum Gasteiger partial charge on any atom is 0.325 e. The molecule has 1 saturated heterocycles. The molecular weight excluding hydrogens is 390 g/mol. The van der Waals surface area contributed by atoms with Gasteiger partial charge in [0.1, 0.15) is 12.1 Å². The highest BCUT2D eigenvalue weighted by Gasteiger charge is 2.51. The Labute approximate surface area is 183 Å². The van der Waals surface area contributed by atoms with Gasteiger partial charge in [0, 0.05) is 18.9 Å². The van der Waals surface area contributed by atoms with Crippen LogP contribution in [0.1, 0.15) is 43.2 Å². The van der Waals surface area contributed by atoms with Crippen molar-refractivity contribution in [3.63, 3.8) is 0 Å². The van der Waals surface area contributed by atoms with Crippen LogP contribution in [0.25, 0.3) is 0 Å². The number of nitrogens with one attached hydrogen (secondary N) is 2. The standard InChI is InChI=1S/C25H29N3O3/c29-22(26-21-14-8-3-9-15-21)18-28-23(30)25(27-24(28)31,16-19-10-4-1-5-11-19)17-20-12-6-2-7-13-20/h1-2,4-7,10-13,21H,3,8-9,14-18H2,(H,26,29)(H,27,31). The fourth-order valence-electron chi connectivity index (χ4n) is 4.67. The van der Waals surface area contributed by atoms with Gasteiger partial charge in [-0.2, -0.15) is 0 Å². The molecule has 2 aromatic carbocycles. The number of hydrogen-bond acceptors (Lipinski definition) is 3. The molecule has 2 aromatic rings. The first-order valence-corrected chi connectivity index (χ1v) is 11.1. The van der Waals surface area contributed by atoms with Crippen LogP contribution in [-0.4, -0.2) is 40.9 Å². The molecule has 2 fully saturated rings. The lowest BCUT2D eigenvalue weighted by Crippen LogP contribution is -2.51. The monoisotopic (exact) mass is 419 g/mol. The molecule has 31 heavy (non-hydrogen) atoms. The SMILES string of the molecule is O=C(CN1C(=O)NC(Cc2ccccc2)(Cc2ccccc2)C1=O)NC1CCCCC1. The molecule has 2 N–H and O–H groups in total. The van der Waals surface area contributed by atoms with Gasteiger partial charge in [-0.3, -0.25) is 14.5 Å². The minimum atomic E-state index is -1.11. The van der Waals surface area contributed by atoms with Crippen molar-refractivity contribution in [1.29, 1.82) is 0 Å². The van der Waals surface area contributed by atoms with Crippen LogP contribution < -0.4 is 10.6 Å². The maximum absolute atomic E-state index is 13.5. The van der Waals surface area contributed by atoms with Crippen molar-refractivity contribution in [1.82, 2.24) is 15.5 Å². The van der Waals surface area contributed by atoms with Crippen LogP contribution in [0.4, 0.5) is 4.79 Å². The summed E-state index contributed by atoms with van der Waals surface area (Å²) in [4.78, 5) is 40.0. The van der Waals surface area contributed by atoms with Gasteiger partial charge in [-0.1, -0.05) is 79.9 Å². The Morgan fingerprint density at radius 1 is 0.903 bits per heavy atom. The van der Waals surface area contributed by atoms with E-state index in [4.69, 9.17) is 0 Å². The molecule has 0 spiro atoms. The van der Waals surface area contributed by atoms with Crippen molar-refractivity contribution >= 4 is 17.8 Å². The van der Waals surface area contributed by atoms with Gasteiger partial charge in [0.25, 0.3) is 5.91 Å². The van der Waals surface area contributed by atoms with Crippen molar-refractivity contribution < 1.29 is 14.4 Å². The number of hydrogen-bond donors (Lipinski definition) is 2. The van der Waals surface area contributed by atoms with Gasteiger partial charge >= 0.3 is 6.03 Å². The Hall–Kier alpha value is -3.15. The van der Waals surface area contributed by atoms with Crippen molar-refractivity contribution in [3.05, 3.63) is 71.8 Å². The average Bonchev–Trinajstić information content (AvgIpc) is 2.99. The largest absolute Gasteiger partial charge is 0.352 e. The van der Waals surface area contributed by atoms with E-state index in [2.05, 4.69) is 10.6 Å².